The molecule has 0 saturated heterocycles. The second-order valence-electron chi connectivity index (χ2n) is 6.36. The van der Waals surface area contributed by atoms with Crippen LogP contribution in [-0.2, 0) is 9.59 Å². The molecule has 3 atom stereocenters. The molecule has 1 fully saturated rings. The maximum absolute atomic E-state index is 12.4. The standard InChI is InChI=1S/C18H20N2O4/c1-9(16-10(2)20-24-11(16)3)17(21)19-13-6-4-12(5-7-13)14-8-15(14)18(22)23/h4-7,9,14-15H,8H2,1-3H3,(H,19,21)(H,22,23)/t9?,14-,15+/m0/s1. The van der Waals surface area contributed by atoms with Crippen LogP contribution >= 0.6 is 0 Å². The van der Waals surface area contributed by atoms with E-state index in [4.69, 9.17) is 9.63 Å². The van der Waals surface area contributed by atoms with Gasteiger partial charge in [0.2, 0.25) is 5.91 Å². The number of aryl methyl sites for hydroxylation is 2. The molecule has 0 spiro atoms. The average Bonchev–Trinajstić information content (AvgIpc) is 3.28. The van der Waals surface area contributed by atoms with Crippen molar-refractivity contribution in [3.05, 3.63) is 46.8 Å². The number of aromatic nitrogens is 1. The highest BCUT2D eigenvalue weighted by Gasteiger charge is 2.44. The molecule has 0 bridgehead atoms. The molecular weight excluding hydrogens is 308 g/mol. The first-order valence-corrected chi connectivity index (χ1v) is 7.95. The predicted octanol–water partition coefficient (Wildman–Crippen LogP) is 3.22. The van der Waals surface area contributed by atoms with Gasteiger partial charge in [-0.3, -0.25) is 9.59 Å². The van der Waals surface area contributed by atoms with Gasteiger partial charge in [-0.25, -0.2) is 0 Å². The van der Waals surface area contributed by atoms with Crippen molar-refractivity contribution >= 4 is 17.6 Å². The second kappa shape index (κ2) is 6.11. The van der Waals surface area contributed by atoms with Crippen molar-refractivity contribution in [1.29, 1.82) is 0 Å². The molecule has 3 rings (SSSR count). The smallest absolute Gasteiger partial charge is 0.307 e. The minimum atomic E-state index is -0.745. The Morgan fingerprint density at radius 3 is 2.46 bits per heavy atom. The van der Waals surface area contributed by atoms with Gasteiger partial charge in [0.25, 0.3) is 0 Å². The van der Waals surface area contributed by atoms with Gasteiger partial charge in [0.1, 0.15) is 5.76 Å². The lowest BCUT2D eigenvalue weighted by Crippen LogP contribution is -2.19. The summed E-state index contributed by atoms with van der Waals surface area (Å²) in [6, 6.07) is 7.38. The lowest BCUT2D eigenvalue weighted by atomic mass is 9.98. The summed E-state index contributed by atoms with van der Waals surface area (Å²) in [5, 5.41) is 15.7. The fraction of sp³-hybridized carbons (Fsp3) is 0.389. The number of hydrogen-bond donors (Lipinski definition) is 2. The molecule has 1 unspecified atom stereocenters. The number of carboxylic acid groups (broad SMARTS) is 1. The van der Waals surface area contributed by atoms with Crippen LogP contribution in [0.3, 0.4) is 0 Å². The maximum atomic E-state index is 12.4. The molecule has 0 radical (unpaired) electrons. The highest BCUT2D eigenvalue weighted by molar-refractivity contribution is 5.95. The SMILES string of the molecule is Cc1noc(C)c1C(C)C(=O)Nc1ccc([C@@H]2C[C@H]2C(=O)O)cc1. The highest BCUT2D eigenvalue weighted by atomic mass is 16.5. The minimum absolute atomic E-state index is 0.0912. The fourth-order valence-corrected chi connectivity index (χ4v) is 3.14. The van der Waals surface area contributed by atoms with Crippen LogP contribution in [0.1, 0.15) is 47.8 Å². The van der Waals surface area contributed by atoms with Crippen molar-refractivity contribution in [2.24, 2.45) is 5.92 Å². The van der Waals surface area contributed by atoms with Crippen molar-refractivity contribution in [2.75, 3.05) is 5.32 Å². The Bertz CT molecular complexity index is 759. The van der Waals surface area contributed by atoms with Gasteiger partial charge in [0, 0.05) is 11.3 Å². The van der Waals surface area contributed by atoms with E-state index >= 15 is 0 Å². The molecular formula is C18H20N2O4. The third-order valence-electron chi connectivity index (χ3n) is 4.63. The number of aliphatic carboxylic acids is 1. The zero-order valence-corrected chi connectivity index (χ0v) is 13.9. The molecule has 126 valence electrons. The summed E-state index contributed by atoms with van der Waals surface area (Å²) in [5.41, 5.74) is 3.22. The Hall–Kier alpha value is -2.63. The minimum Gasteiger partial charge on any atom is -0.481 e. The Morgan fingerprint density at radius 2 is 1.96 bits per heavy atom. The number of anilines is 1. The molecule has 1 aromatic carbocycles. The molecule has 2 aromatic rings. The molecule has 6 heteroatoms. The largest absolute Gasteiger partial charge is 0.481 e. The zero-order valence-electron chi connectivity index (χ0n) is 13.9. The van der Waals surface area contributed by atoms with Crippen LogP contribution in [0.15, 0.2) is 28.8 Å². The number of nitrogens with zero attached hydrogens (tertiary/aromatic N) is 1. The summed E-state index contributed by atoms with van der Waals surface area (Å²) in [5.74, 6) is -0.772. The van der Waals surface area contributed by atoms with Crippen molar-refractivity contribution in [3.63, 3.8) is 0 Å². The number of carbonyl (C=O) groups is 2. The van der Waals surface area contributed by atoms with Crippen LogP contribution in [0.2, 0.25) is 0 Å². The molecule has 1 aliphatic rings. The molecule has 1 saturated carbocycles. The van der Waals surface area contributed by atoms with E-state index in [1.165, 1.54) is 0 Å². The van der Waals surface area contributed by atoms with Gasteiger partial charge < -0.3 is 14.9 Å². The zero-order chi connectivity index (χ0) is 17.4. The van der Waals surface area contributed by atoms with E-state index in [1.54, 1.807) is 6.92 Å². The lowest BCUT2D eigenvalue weighted by Gasteiger charge is -2.12. The fourth-order valence-electron chi connectivity index (χ4n) is 3.14. The maximum Gasteiger partial charge on any atom is 0.307 e. The van der Waals surface area contributed by atoms with Crippen LogP contribution in [0.25, 0.3) is 0 Å². The van der Waals surface area contributed by atoms with Crippen LogP contribution < -0.4 is 5.32 Å². The van der Waals surface area contributed by atoms with E-state index in [2.05, 4.69) is 10.5 Å². The van der Waals surface area contributed by atoms with E-state index in [1.807, 2.05) is 38.1 Å². The molecule has 6 nitrogen and oxygen atoms in total. The molecule has 2 N–H and O–H groups in total. The Morgan fingerprint density at radius 1 is 1.29 bits per heavy atom. The number of hydrogen-bond acceptors (Lipinski definition) is 4. The molecule has 24 heavy (non-hydrogen) atoms. The number of carbonyl (C=O) groups excluding carboxylic acids is 1. The molecule has 0 aliphatic heterocycles. The number of amides is 1. The summed E-state index contributed by atoms with van der Waals surface area (Å²) >= 11 is 0. The van der Waals surface area contributed by atoms with E-state index < -0.39 is 5.97 Å². The van der Waals surface area contributed by atoms with Crippen molar-refractivity contribution < 1.29 is 19.2 Å². The predicted molar refractivity (Wildman–Crippen MR) is 87.9 cm³/mol. The number of benzene rings is 1. The van der Waals surface area contributed by atoms with Crippen LogP contribution in [0, 0.1) is 19.8 Å². The normalized spacial score (nSPS) is 20.5. The first-order chi connectivity index (χ1) is 11.4. The van der Waals surface area contributed by atoms with Gasteiger partial charge >= 0.3 is 5.97 Å². The van der Waals surface area contributed by atoms with E-state index in [-0.39, 0.29) is 23.7 Å². The summed E-state index contributed by atoms with van der Waals surface area (Å²) in [6.45, 7) is 5.43. The number of carboxylic acids is 1. The summed E-state index contributed by atoms with van der Waals surface area (Å²) in [6.07, 6.45) is 0.685. The van der Waals surface area contributed by atoms with Crippen molar-refractivity contribution in [3.8, 4) is 0 Å². The summed E-state index contributed by atoms with van der Waals surface area (Å²) in [4.78, 5) is 23.4. The number of nitrogens with one attached hydrogen (secondary N) is 1. The second-order valence-corrected chi connectivity index (χ2v) is 6.36. The average molecular weight is 328 g/mol. The summed E-state index contributed by atoms with van der Waals surface area (Å²) in [7, 11) is 0. The Balaban J connectivity index is 1.66. The van der Waals surface area contributed by atoms with E-state index in [9.17, 15) is 9.59 Å². The van der Waals surface area contributed by atoms with Gasteiger partial charge in [-0.2, -0.15) is 0 Å². The highest BCUT2D eigenvalue weighted by Crippen LogP contribution is 2.47. The van der Waals surface area contributed by atoms with E-state index in [0.717, 1.165) is 16.8 Å². The van der Waals surface area contributed by atoms with E-state index in [0.29, 0.717) is 17.9 Å². The van der Waals surface area contributed by atoms with Gasteiger partial charge in [-0.15, -0.1) is 0 Å². The van der Waals surface area contributed by atoms with Gasteiger partial charge in [0.15, 0.2) is 0 Å². The first kappa shape index (κ1) is 16.2. The monoisotopic (exact) mass is 328 g/mol. The lowest BCUT2D eigenvalue weighted by molar-refractivity contribution is -0.138. The van der Waals surface area contributed by atoms with Crippen LogP contribution in [0.5, 0.6) is 0 Å². The van der Waals surface area contributed by atoms with Crippen LogP contribution in [0.4, 0.5) is 5.69 Å². The number of rotatable bonds is 5. The third-order valence-corrected chi connectivity index (χ3v) is 4.63. The molecule has 1 aliphatic carbocycles. The topological polar surface area (TPSA) is 92.4 Å². The Kier molecular flexibility index (Phi) is 4.13. The van der Waals surface area contributed by atoms with Gasteiger partial charge in [-0.1, -0.05) is 17.3 Å². The van der Waals surface area contributed by atoms with Gasteiger partial charge in [0.05, 0.1) is 17.5 Å². The van der Waals surface area contributed by atoms with Crippen molar-refractivity contribution in [1.82, 2.24) is 5.16 Å². The first-order valence-electron chi connectivity index (χ1n) is 7.95. The van der Waals surface area contributed by atoms with Crippen LogP contribution in [-0.4, -0.2) is 22.1 Å². The summed E-state index contributed by atoms with van der Waals surface area (Å²) < 4.78 is 5.12. The Labute approximate surface area is 139 Å². The quantitative estimate of drug-likeness (QED) is 0.879. The molecule has 1 amide bonds. The molecule has 1 aromatic heterocycles. The van der Waals surface area contributed by atoms with Gasteiger partial charge in [-0.05, 0) is 50.8 Å². The molecule has 1 heterocycles. The van der Waals surface area contributed by atoms with Crippen molar-refractivity contribution in [2.45, 2.75) is 39.0 Å². The third kappa shape index (κ3) is 3.04.